The second-order valence-electron chi connectivity index (χ2n) is 7.22. The van der Waals surface area contributed by atoms with Gasteiger partial charge in [-0.3, -0.25) is 4.90 Å². The third kappa shape index (κ3) is 0.711. The van der Waals surface area contributed by atoms with Gasteiger partial charge >= 0.3 is 0 Å². The summed E-state index contributed by atoms with van der Waals surface area (Å²) in [5.74, 6) is 2.19. The molecule has 0 spiro atoms. The number of nitrogens with zero attached hydrogens (tertiary/aromatic N) is 1. The molecule has 4 fully saturated rings. The molecule has 0 radical (unpaired) electrons. The first-order valence-electron chi connectivity index (χ1n) is 6.31. The van der Waals surface area contributed by atoms with Crippen molar-refractivity contribution in [2.24, 2.45) is 17.3 Å². The quantitative estimate of drug-likeness (QED) is 0.569. The lowest BCUT2D eigenvalue weighted by Crippen LogP contribution is -2.53. The fourth-order valence-corrected chi connectivity index (χ4v) is 4.63. The van der Waals surface area contributed by atoms with Crippen LogP contribution in [0.15, 0.2) is 0 Å². The van der Waals surface area contributed by atoms with Crippen LogP contribution in [0.2, 0.25) is 0 Å². The maximum atomic E-state index is 2.97. The minimum Gasteiger partial charge on any atom is -0.291 e. The van der Waals surface area contributed by atoms with Gasteiger partial charge in [0.05, 0.1) is 0 Å². The molecule has 2 saturated carbocycles. The monoisotopic (exact) mass is 191 g/mol. The molecule has 2 aliphatic heterocycles. The van der Waals surface area contributed by atoms with Crippen LogP contribution in [0.5, 0.6) is 0 Å². The van der Waals surface area contributed by atoms with Gasteiger partial charge in [-0.25, -0.2) is 0 Å². The summed E-state index contributed by atoms with van der Waals surface area (Å²) in [6.45, 7) is 7.40. The molecule has 4 aliphatic rings. The number of rotatable bonds is 0. The minimum absolute atomic E-state index is 0.508. The van der Waals surface area contributed by atoms with E-state index in [2.05, 4.69) is 25.7 Å². The summed E-state index contributed by atoms with van der Waals surface area (Å²) >= 11 is 0. The first-order chi connectivity index (χ1) is 6.53. The van der Waals surface area contributed by atoms with Crippen molar-refractivity contribution in [1.82, 2.24) is 4.90 Å². The van der Waals surface area contributed by atoms with Crippen molar-refractivity contribution in [2.75, 3.05) is 0 Å². The molecule has 1 heteroatoms. The molecule has 0 N–H and O–H groups in total. The average Bonchev–Trinajstić information content (AvgIpc) is 2.92. The van der Waals surface area contributed by atoms with E-state index in [0.717, 1.165) is 23.9 Å². The summed E-state index contributed by atoms with van der Waals surface area (Å²) in [7, 11) is 0. The van der Waals surface area contributed by atoms with Gasteiger partial charge in [0.25, 0.3) is 0 Å². The molecule has 2 heterocycles. The van der Waals surface area contributed by atoms with E-state index in [9.17, 15) is 0 Å². The van der Waals surface area contributed by atoms with Crippen LogP contribution >= 0.6 is 0 Å². The molecule has 0 aromatic heterocycles. The summed E-state index contributed by atoms with van der Waals surface area (Å²) in [6, 6.07) is 2.04. The van der Waals surface area contributed by atoms with Crippen LogP contribution in [-0.2, 0) is 0 Å². The normalized spacial score (nSPS) is 59.4. The molecule has 2 saturated heterocycles. The highest BCUT2D eigenvalue weighted by atomic mass is 15.4. The second-order valence-corrected chi connectivity index (χ2v) is 7.22. The third-order valence-corrected chi connectivity index (χ3v) is 5.58. The molecule has 5 atom stereocenters. The van der Waals surface area contributed by atoms with Crippen LogP contribution in [-0.4, -0.2) is 22.5 Å². The van der Waals surface area contributed by atoms with Gasteiger partial charge in [0.2, 0.25) is 0 Å². The van der Waals surface area contributed by atoms with Gasteiger partial charge in [0, 0.05) is 17.6 Å². The topological polar surface area (TPSA) is 3.24 Å². The van der Waals surface area contributed by atoms with Gasteiger partial charge in [-0.15, -0.1) is 0 Å². The Bertz CT molecular complexity index is 281. The predicted molar refractivity (Wildman–Crippen MR) is 57.0 cm³/mol. The molecule has 2 aliphatic carbocycles. The number of hydrogen-bond donors (Lipinski definition) is 0. The first kappa shape index (κ1) is 8.15. The molecule has 3 unspecified atom stereocenters. The molecule has 1 nitrogen and oxygen atoms in total. The number of fused-ring (bicyclic) bond motifs is 5. The van der Waals surface area contributed by atoms with Crippen molar-refractivity contribution in [3.8, 4) is 0 Å². The summed E-state index contributed by atoms with van der Waals surface area (Å²) in [5.41, 5.74) is 1.13. The van der Waals surface area contributed by atoms with Crippen LogP contribution in [0.4, 0.5) is 0 Å². The molecule has 78 valence electrons. The maximum absolute atomic E-state index is 2.97. The van der Waals surface area contributed by atoms with Gasteiger partial charge in [-0.2, -0.15) is 0 Å². The van der Waals surface area contributed by atoms with Crippen molar-refractivity contribution in [2.45, 2.75) is 64.1 Å². The van der Waals surface area contributed by atoms with E-state index in [1.165, 1.54) is 25.7 Å². The van der Waals surface area contributed by atoms with E-state index in [-0.39, 0.29) is 0 Å². The largest absolute Gasteiger partial charge is 0.291 e. The lowest BCUT2D eigenvalue weighted by molar-refractivity contribution is 0.0212. The zero-order valence-corrected chi connectivity index (χ0v) is 9.59. The van der Waals surface area contributed by atoms with Crippen LogP contribution in [0, 0.1) is 17.3 Å². The van der Waals surface area contributed by atoms with E-state index in [4.69, 9.17) is 0 Å². The summed E-state index contributed by atoms with van der Waals surface area (Å²) in [4.78, 5) is 2.97. The second kappa shape index (κ2) is 1.93. The van der Waals surface area contributed by atoms with Crippen LogP contribution in [0.1, 0.15) is 46.5 Å². The Kier molecular flexibility index (Phi) is 1.13. The summed E-state index contributed by atoms with van der Waals surface area (Å²) in [6.07, 6.45) is 6.10. The SMILES string of the molecule is CC(C)(C)C12CC3CC3N1[C@H]1C[C@H]1C2. The van der Waals surface area contributed by atoms with Crippen molar-refractivity contribution < 1.29 is 0 Å². The van der Waals surface area contributed by atoms with Crippen LogP contribution < -0.4 is 0 Å². The van der Waals surface area contributed by atoms with E-state index in [1.54, 1.807) is 0 Å². The van der Waals surface area contributed by atoms with Crippen molar-refractivity contribution in [3.05, 3.63) is 0 Å². The van der Waals surface area contributed by atoms with Crippen LogP contribution in [0.25, 0.3) is 0 Å². The lowest BCUT2D eigenvalue weighted by atomic mass is 9.69. The molecule has 0 aromatic rings. The molecular formula is C13H21N. The van der Waals surface area contributed by atoms with Gasteiger partial charge in [0.1, 0.15) is 0 Å². The molecular weight excluding hydrogens is 170 g/mol. The van der Waals surface area contributed by atoms with Gasteiger partial charge in [0.15, 0.2) is 0 Å². The van der Waals surface area contributed by atoms with E-state index in [0.29, 0.717) is 11.0 Å². The van der Waals surface area contributed by atoms with Gasteiger partial charge < -0.3 is 0 Å². The summed E-state index contributed by atoms with van der Waals surface area (Å²) in [5, 5.41) is 0. The Hall–Kier alpha value is -0.0400. The molecule has 0 amide bonds. The Labute approximate surface area is 86.9 Å². The zero-order chi connectivity index (χ0) is 9.72. The average molecular weight is 191 g/mol. The summed E-state index contributed by atoms with van der Waals surface area (Å²) < 4.78 is 0. The Morgan fingerprint density at radius 1 is 1.00 bits per heavy atom. The molecule has 14 heavy (non-hydrogen) atoms. The predicted octanol–water partition coefficient (Wildman–Crippen LogP) is 2.66. The smallest absolute Gasteiger partial charge is 0.0270 e. The molecule has 4 rings (SSSR count). The van der Waals surface area contributed by atoms with Crippen molar-refractivity contribution in [1.29, 1.82) is 0 Å². The van der Waals surface area contributed by atoms with Crippen LogP contribution in [0.3, 0.4) is 0 Å². The Balaban J connectivity index is 1.79. The zero-order valence-electron chi connectivity index (χ0n) is 9.59. The Morgan fingerprint density at radius 3 is 1.86 bits per heavy atom. The van der Waals surface area contributed by atoms with Gasteiger partial charge in [-0.05, 0) is 42.9 Å². The molecule has 0 bridgehead atoms. The maximum Gasteiger partial charge on any atom is 0.0270 e. The highest BCUT2D eigenvalue weighted by Crippen LogP contribution is 2.70. The van der Waals surface area contributed by atoms with E-state index < -0.39 is 0 Å². The first-order valence-corrected chi connectivity index (χ1v) is 6.31. The fraction of sp³-hybridized carbons (Fsp3) is 1.00. The van der Waals surface area contributed by atoms with Crippen molar-refractivity contribution >= 4 is 0 Å². The minimum atomic E-state index is 0.508. The fourth-order valence-electron chi connectivity index (χ4n) is 4.63. The van der Waals surface area contributed by atoms with E-state index >= 15 is 0 Å². The highest BCUT2D eigenvalue weighted by Gasteiger charge is 2.73. The Morgan fingerprint density at radius 2 is 1.50 bits per heavy atom. The third-order valence-electron chi connectivity index (χ3n) is 5.58. The number of piperidine rings is 2. The highest BCUT2D eigenvalue weighted by molar-refractivity contribution is 5.27. The van der Waals surface area contributed by atoms with Gasteiger partial charge in [-0.1, -0.05) is 20.8 Å². The lowest BCUT2D eigenvalue weighted by Gasteiger charge is -2.47. The molecule has 0 aromatic carbocycles. The van der Waals surface area contributed by atoms with E-state index in [1.807, 2.05) is 0 Å². The number of hydrogen-bond acceptors (Lipinski definition) is 1. The van der Waals surface area contributed by atoms with Crippen molar-refractivity contribution in [3.63, 3.8) is 0 Å². The standard InChI is InChI=1S/C13H21N/c1-12(2,3)13-6-8-4-10(8)14(13)11-5-9(11)7-13/h8-11H,4-7H2,1-3H3/t8-,9?,10-,11?,13?/m0/s1.